The fraction of sp³-hybridized carbons (Fsp3) is 0.846. The molecule has 0 aromatic carbocycles. The lowest BCUT2D eigenvalue weighted by Gasteiger charge is -2.18. The van der Waals surface area contributed by atoms with Crippen LogP contribution in [0.25, 0.3) is 0 Å². The van der Waals surface area contributed by atoms with Gasteiger partial charge in [-0.15, -0.1) is 0 Å². The third-order valence-electron chi connectivity index (χ3n) is 2.44. The average Bonchev–Trinajstić information content (AvgIpc) is 2.23. The molecule has 0 saturated carbocycles. The first-order valence-electron chi connectivity index (χ1n) is 6.05. The maximum Gasteiger partial charge on any atom is 0.224 e. The summed E-state index contributed by atoms with van der Waals surface area (Å²) in [5.74, 6) is 0.0380. The fourth-order valence-electron chi connectivity index (χ4n) is 1.17. The second-order valence-electron chi connectivity index (χ2n) is 5.40. The molecule has 0 radical (unpaired) electrons. The summed E-state index contributed by atoms with van der Waals surface area (Å²) in [4.78, 5) is 13.1. The van der Waals surface area contributed by atoms with Gasteiger partial charge in [0.1, 0.15) is 0 Å². The normalized spacial score (nSPS) is 11.0. The molecule has 0 aromatic rings. The summed E-state index contributed by atoms with van der Waals surface area (Å²) in [6.45, 7) is 8.15. The van der Waals surface area contributed by atoms with Crippen molar-refractivity contribution in [3.63, 3.8) is 0 Å². The molecular formula is C13H24N2O2. The first-order chi connectivity index (χ1) is 7.87. The minimum absolute atomic E-state index is 0.0380. The van der Waals surface area contributed by atoms with Gasteiger partial charge in [0.2, 0.25) is 5.91 Å². The predicted octanol–water partition coefficient (Wildman–Crippen LogP) is 2.20. The number of hydrogen-bond acceptors (Lipinski definition) is 3. The third kappa shape index (κ3) is 9.83. The minimum Gasteiger partial charge on any atom is -0.381 e. The molecule has 0 aliphatic heterocycles. The molecule has 0 aliphatic rings. The summed E-state index contributed by atoms with van der Waals surface area (Å²) in [5.41, 5.74) is 0.271. The van der Waals surface area contributed by atoms with Gasteiger partial charge in [-0.3, -0.25) is 4.79 Å². The lowest BCUT2D eigenvalue weighted by molar-refractivity contribution is -0.131. The zero-order valence-corrected chi connectivity index (χ0v) is 11.5. The summed E-state index contributed by atoms with van der Waals surface area (Å²) in [7, 11) is 1.72. The van der Waals surface area contributed by atoms with Gasteiger partial charge in [0.25, 0.3) is 0 Å². The summed E-state index contributed by atoms with van der Waals surface area (Å²) < 4.78 is 5.42. The van der Waals surface area contributed by atoms with E-state index in [1.165, 1.54) is 0 Å². The number of carbonyl (C=O) groups is 1. The van der Waals surface area contributed by atoms with E-state index in [0.717, 1.165) is 6.42 Å². The van der Waals surface area contributed by atoms with Gasteiger partial charge in [0.15, 0.2) is 0 Å². The fourth-order valence-corrected chi connectivity index (χ4v) is 1.17. The van der Waals surface area contributed by atoms with Crippen molar-refractivity contribution in [1.29, 1.82) is 5.26 Å². The van der Waals surface area contributed by atoms with Crippen molar-refractivity contribution in [3.8, 4) is 6.07 Å². The van der Waals surface area contributed by atoms with Crippen LogP contribution in [0.1, 0.15) is 40.0 Å². The van der Waals surface area contributed by atoms with Crippen LogP contribution in [-0.4, -0.2) is 37.6 Å². The average molecular weight is 240 g/mol. The Morgan fingerprint density at radius 2 is 2.00 bits per heavy atom. The Labute approximate surface area is 105 Å². The molecule has 98 valence electrons. The molecule has 0 atom stereocenters. The van der Waals surface area contributed by atoms with E-state index in [1.807, 2.05) is 6.07 Å². The van der Waals surface area contributed by atoms with Crippen LogP contribution in [0.4, 0.5) is 0 Å². The van der Waals surface area contributed by atoms with Crippen LogP contribution in [0.2, 0.25) is 0 Å². The van der Waals surface area contributed by atoms with E-state index in [2.05, 4.69) is 20.8 Å². The minimum atomic E-state index is 0.0380. The molecule has 0 bridgehead atoms. The van der Waals surface area contributed by atoms with Crippen LogP contribution < -0.4 is 0 Å². The van der Waals surface area contributed by atoms with Crippen molar-refractivity contribution >= 4 is 5.91 Å². The third-order valence-corrected chi connectivity index (χ3v) is 2.44. The molecule has 4 heteroatoms. The molecule has 0 aliphatic carbocycles. The first-order valence-corrected chi connectivity index (χ1v) is 6.05. The summed E-state index contributed by atoms with van der Waals surface area (Å²) in [5, 5.41) is 8.41. The highest BCUT2D eigenvalue weighted by Gasteiger charge is 2.10. The Morgan fingerprint density at radius 1 is 1.35 bits per heavy atom. The number of carbonyl (C=O) groups excluding carboxylic acids is 1. The second kappa shape index (κ2) is 8.08. The summed E-state index contributed by atoms with van der Waals surface area (Å²) in [6.07, 6.45) is 1.77. The van der Waals surface area contributed by atoms with E-state index >= 15 is 0 Å². The molecule has 0 N–H and O–H groups in total. The van der Waals surface area contributed by atoms with Gasteiger partial charge in [-0.2, -0.15) is 5.26 Å². The second-order valence-corrected chi connectivity index (χ2v) is 5.40. The Bertz CT molecular complexity index is 264. The molecule has 0 aromatic heterocycles. The standard InChI is InChI=1S/C13H24N2O2/c1-13(2,3)7-11-17-10-6-12(16)15(4)9-5-8-14/h5-7,9-11H2,1-4H3. The molecule has 0 rings (SSSR count). The zero-order chi connectivity index (χ0) is 13.3. The zero-order valence-electron chi connectivity index (χ0n) is 11.5. The van der Waals surface area contributed by atoms with Crippen LogP contribution >= 0.6 is 0 Å². The summed E-state index contributed by atoms with van der Waals surface area (Å²) >= 11 is 0. The first kappa shape index (κ1) is 15.9. The highest BCUT2D eigenvalue weighted by Crippen LogP contribution is 2.17. The SMILES string of the molecule is CN(CCC#N)C(=O)CCOCCC(C)(C)C. The largest absolute Gasteiger partial charge is 0.381 e. The number of rotatable bonds is 7. The molecule has 0 spiro atoms. The number of hydrogen-bond donors (Lipinski definition) is 0. The van der Waals surface area contributed by atoms with Crippen LogP contribution in [0.5, 0.6) is 0 Å². The molecule has 0 fully saturated rings. The number of nitriles is 1. The van der Waals surface area contributed by atoms with Gasteiger partial charge in [-0.05, 0) is 11.8 Å². The summed E-state index contributed by atoms with van der Waals surface area (Å²) in [6, 6.07) is 2.02. The van der Waals surface area contributed by atoms with E-state index in [0.29, 0.717) is 32.6 Å². The molecule has 0 heterocycles. The smallest absolute Gasteiger partial charge is 0.224 e. The van der Waals surface area contributed by atoms with E-state index in [-0.39, 0.29) is 11.3 Å². The van der Waals surface area contributed by atoms with E-state index < -0.39 is 0 Å². The Kier molecular flexibility index (Phi) is 7.56. The number of nitrogens with zero attached hydrogens (tertiary/aromatic N) is 2. The predicted molar refractivity (Wildman–Crippen MR) is 67.4 cm³/mol. The molecular weight excluding hydrogens is 216 g/mol. The highest BCUT2D eigenvalue weighted by molar-refractivity contribution is 5.75. The Balaban J connectivity index is 3.55. The van der Waals surface area contributed by atoms with Crippen molar-refractivity contribution < 1.29 is 9.53 Å². The van der Waals surface area contributed by atoms with Crippen molar-refractivity contribution in [1.82, 2.24) is 4.90 Å². The van der Waals surface area contributed by atoms with Crippen LogP contribution in [0.3, 0.4) is 0 Å². The molecule has 0 saturated heterocycles. The van der Waals surface area contributed by atoms with Gasteiger partial charge in [0.05, 0.1) is 25.5 Å². The number of ether oxygens (including phenoxy) is 1. The van der Waals surface area contributed by atoms with E-state index in [4.69, 9.17) is 10.00 Å². The molecule has 4 nitrogen and oxygen atoms in total. The lowest BCUT2D eigenvalue weighted by atomic mass is 9.93. The van der Waals surface area contributed by atoms with Crippen molar-refractivity contribution in [2.24, 2.45) is 5.41 Å². The van der Waals surface area contributed by atoms with Crippen molar-refractivity contribution in [2.75, 3.05) is 26.8 Å². The molecule has 1 amide bonds. The van der Waals surface area contributed by atoms with Gasteiger partial charge >= 0.3 is 0 Å². The number of amides is 1. The molecule has 17 heavy (non-hydrogen) atoms. The maximum absolute atomic E-state index is 11.5. The van der Waals surface area contributed by atoms with Crippen molar-refractivity contribution in [2.45, 2.75) is 40.0 Å². The van der Waals surface area contributed by atoms with Gasteiger partial charge < -0.3 is 9.64 Å². The monoisotopic (exact) mass is 240 g/mol. The molecule has 0 unspecified atom stereocenters. The van der Waals surface area contributed by atoms with Crippen LogP contribution in [-0.2, 0) is 9.53 Å². The van der Waals surface area contributed by atoms with Gasteiger partial charge in [-0.1, -0.05) is 20.8 Å². The lowest BCUT2D eigenvalue weighted by Crippen LogP contribution is -2.28. The van der Waals surface area contributed by atoms with Gasteiger partial charge in [0, 0.05) is 20.2 Å². The topological polar surface area (TPSA) is 53.3 Å². The van der Waals surface area contributed by atoms with E-state index in [1.54, 1.807) is 11.9 Å². The van der Waals surface area contributed by atoms with Gasteiger partial charge in [-0.25, -0.2) is 0 Å². The quantitative estimate of drug-likeness (QED) is 0.641. The van der Waals surface area contributed by atoms with Crippen LogP contribution in [0.15, 0.2) is 0 Å². The highest BCUT2D eigenvalue weighted by atomic mass is 16.5. The Hall–Kier alpha value is -1.08. The van der Waals surface area contributed by atoms with Crippen molar-refractivity contribution in [3.05, 3.63) is 0 Å². The maximum atomic E-state index is 11.5. The van der Waals surface area contributed by atoms with Crippen LogP contribution in [0, 0.1) is 16.7 Å². The van der Waals surface area contributed by atoms with E-state index in [9.17, 15) is 4.79 Å². The Morgan fingerprint density at radius 3 is 2.53 bits per heavy atom.